The molecule has 1 fully saturated rings. The van der Waals surface area contributed by atoms with Gasteiger partial charge in [-0.15, -0.1) is 0 Å². The summed E-state index contributed by atoms with van der Waals surface area (Å²) in [5, 5.41) is 17.1. The lowest BCUT2D eigenvalue weighted by molar-refractivity contribution is 0.00111. The second kappa shape index (κ2) is 14.4. The minimum absolute atomic E-state index is 0.0507. The molecule has 2 atom stereocenters. The Morgan fingerprint density at radius 1 is 1.27 bits per heavy atom. The van der Waals surface area contributed by atoms with Gasteiger partial charge < -0.3 is 30.1 Å². The van der Waals surface area contributed by atoms with Crippen molar-refractivity contribution in [3.05, 3.63) is 35.9 Å². The Kier molecular flexibility index (Phi) is 11.8. The molecule has 1 aliphatic heterocycles. The standard InChI is InChI=1S/C23H40N4O3/c1-4-24-23(26-21-11-14-27(15-12-21)13-8-16-29-3)25-17-22(28)18-30-19(2)20-9-6-5-7-10-20/h5-7,9-10,19,21-22,28H,4,8,11-18H2,1-3H3,(H2,24,25,26). The van der Waals surface area contributed by atoms with Gasteiger partial charge in [0.1, 0.15) is 0 Å². The Balaban J connectivity index is 1.71. The van der Waals surface area contributed by atoms with Gasteiger partial charge in [-0.1, -0.05) is 30.3 Å². The summed E-state index contributed by atoms with van der Waals surface area (Å²) in [4.78, 5) is 7.07. The molecule has 7 heteroatoms. The first-order valence-electron chi connectivity index (χ1n) is 11.2. The average Bonchev–Trinajstić information content (AvgIpc) is 2.78. The molecule has 1 heterocycles. The Labute approximate surface area is 181 Å². The van der Waals surface area contributed by atoms with E-state index in [1.165, 1.54) is 0 Å². The van der Waals surface area contributed by atoms with Crippen molar-refractivity contribution >= 4 is 5.96 Å². The van der Waals surface area contributed by atoms with Crippen LogP contribution in [0.2, 0.25) is 0 Å². The number of guanidine groups is 1. The van der Waals surface area contributed by atoms with Gasteiger partial charge in [0.25, 0.3) is 0 Å². The number of aliphatic imine (C=N–C) groups is 1. The van der Waals surface area contributed by atoms with Gasteiger partial charge in [-0.3, -0.25) is 4.99 Å². The minimum Gasteiger partial charge on any atom is -0.389 e. The first-order valence-corrected chi connectivity index (χ1v) is 11.2. The third kappa shape index (κ3) is 9.43. The third-order valence-corrected chi connectivity index (χ3v) is 5.36. The zero-order valence-electron chi connectivity index (χ0n) is 18.8. The van der Waals surface area contributed by atoms with Crippen LogP contribution in [0.3, 0.4) is 0 Å². The molecular weight excluding hydrogens is 380 g/mol. The summed E-state index contributed by atoms with van der Waals surface area (Å²) >= 11 is 0. The van der Waals surface area contributed by atoms with Gasteiger partial charge in [-0.2, -0.15) is 0 Å². The van der Waals surface area contributed by atoms with E-state index in [2.05, 4.69) is 27.4 Å². The van der Waals surface area contributed by atoms with Gasteiger partial charge in [-0.25, -0.2) is 0 Å². The van der Waals surface area contributed by atoms with Crippen molar-refractivity contribution in [1.82, 2.24) is 15.5 Å². The topological polar surface area (TPSA) is 78.4 Å². The van der Waals surface area contributed by atoms with Crippen molar-refractivity contribution in [3.8, 4) is 0 Å². The second-order valence-corrected chi connectivity index (χ2v) is 7.87. The molecule has 0 spiro atoms. The molecule has 1 aromatic carbocycles. The van der Waals surface area contributed by atoms with E-state index >= 15 is 0 Å². The number of methoxy groups -OCH3 is 1. The highest BCUT2D eigenvalue weighted by Gasteiger charge is 2.19. The summed E-state index contributed by atoms with van der Waals surface area (Å²) in [6, 6.07) is 10.5. The minimum atomic E-state index is -0.630. The van der Waals surface area contributed by atoms with Gasteiger partial charge in [0, 0.05) is 45.9 Å². The largest absolute Gasteiger partial charge is 0.389 e. The summed E-state index contributed by atoms with van der Waals surface area (Å²) in [7, 11) is 1.75. The van der Waals surface area contributed by atoms with Crippen molar-refractivity contribution in [1.29, 1.82) is 0 Å². The Morgan fingerprint density at radius 2 is 2.00 bits per heavy atom. The zero-order valence-corrected chi connectivity index (χ0v) is 18.8. The van der Waals surface area contributed by atoms with Crippen LogP contribution in [0.1, 0.15) is 44.8 Å². The zero-order chi connectivity index (χ0) is 21.6. The monoisotopic (exact) mass is 420 g/mol. The van der Waals surface area contributed by atoms with Crippen LogP contribution in [0, 0.1) is 0 Å². The maximum Gasteiger partial charge on any atom is 0.191 e. The van der Waals surface area contributed by atoms with Crippen molar-refractivity contribution in [2.45, 2.75) is 51.4 Å². The molecule has 7 nitrogen and oxygen atoms in total. The maximum absolute atomic E-state index is 10.3. The van der Waals surface area contributed by atoms with Gasteiger partial charge in [0.05, 0.1) is 25.4 Å². The fourth-order valence-corrected chi connectivity index (χ4v) is 3.57. The van der Waals surface area contributed by atoms with E-state index in [1.807, 2.05) is 37.3 Å². The molecule has 0 saturated carbocycles. The van der Waals surface area contributed by atoms with Crippen LogP contribution in [0.5, 0.6) is 0 Å². The van der Waals surface area contributed by atoms with Crippen LogP contribution in [-0.4, -0.2) is 81.2 Å². The smallest absolute Gasteiger partial charge is 0.191 e. The maximum atomic E-state index is 10.3. The molecule has 1 aliphatic rings. The molecule has 2 unspecified atom stereocenters. The average molecular weight is 421 g/mol. The molecule has 0 radical (unpaired) electrons. The van der Waals surface area contributed by atoms with Crippen molar-refractivity contribution in [2.75, 3.05) is 53.0 Å². The number of aliphatic hydroxyl groups is 1. The number of piperidine rings is 1. The fourth-order valence-electron chi connectivity index (χ4n) is 3.57. The molecule has 0 amide bonds. The van der Waals surface area contributed by atoms with Crippen molar-refractivity contribution in [2.24, 2.45) is 4.99 Å². The van der Waals surface area contributed by atoms with E-state index in [0.29, 0.717) is 12.6 Å². The molecule has 170 valence electrons. The molecule has 1 saturated heterocycles. The highest BCUT2D eigenvalue weighted by molar-refractivity contribution is 5.80. The normalized spacial score (nSPS) is 18.2. The molecule has 0 aromatic heterocycles. The predicted molar refractivity (Wildman–Crippen MR) is 122 cm³/mol. The molecule has 2 rings (SSSR count). The number of benzene rings is 1. The lowest BCUT2D eigenvalue weighted by atomic mass is 10.1. The summed E-state index contributed by atoms with van der Waals surface area (Å²) in [6.07, 6.45) is 2.59. The second-order valence-electron chi connectivity index (χ2n) is 7.87. The summed E-state index contributed by atoms with van der Waals surface area (Å²) < 4.78 is 10.9. The van der Waals surface area contributed by atoms with Crippen LogP contribution in [-0.2, 0) is 9.47 Å². The van der Waals surface area contributed by atoms with Crippen LogP contribution in [0.15, 0.2) is 35.3 Å². The van der Waals surface area contributed by atoms with Crippen LogP contribution in [0.25, 0.3) is 0 Å². The Bertz CT molecular complexity index is 591. The molecule has 0 bridgehead atoms. The van der Waals surface area contributed by atoms with E-state index in [0.717, 1.165) is 63.6 Å². The lowest BCUT2D eigenvalue weighted by Gasteiger charge is -2.33. The van der Waals surface area contributed by atoms with E-state index in [4.69, 9.17) is 9.47 Å². The predicted octanol–water partition coefficient (Wildman–Crippen LogP) is 2.18. The highest BCUT2D eigenvalue weighted by atomic mass is 16.5. The van der Waals surface area contributed by atoms with Crippen LogP contribution < -0.4 is 10.6 Å². The number of hydrogen-bond acceptors (Lipinski definition) is 5. The molecule has 3 N–H and O–H groups in total. The summed E-state index contributed by atoms with van der Waals surface area (Å²) in [5.41, 5.74) is 1.11. The Hall–Kier alpha value is -1.67. The number of ether oxygens (including phenoxy) is 2. The van der Waals surface area contributed by atoms with E-state index in [9.17, 15) is 5.11 Å². The van der Waals surface area contributed by atoms with Crippen molar-refractivity contribution in [3.63, 3.8) is 0 Å². The van der Waals surface area contributed by atoms with Crippen LogP contribution >= 0.6 is 0 Å². The van der Waals surface area contributed by atoms with E-state index < -0.39 is 6.10 Å². The lowest BCUT2D eigenvalue weighted by Crippen LogP contribution is -2.49. The van der Waals surface area contributed by atoms with Gasteiger partial charge in [0.15, 0.2) is 5.96 Å². The first-order chi connectivity index (χ1) is 14.6. The number of aliphatic hydroxyl groups excluding tert-OH is 1. The van der Waals surface area contributed by atoms with E-state index in [1.54, 1.807) is 7.11 Å². The third-order valence-electron chi connectivity index (χ3n) is 5.36. The number of nitrogens with one attached hydrogen (secondary N) is 2. The van der Waals surface area contributed by atoms with E-state index in [-0.39, 0.29) is 12.7 Å². The highest BCUT2D eigenvalue weighted by Crippen LogP contribution is 2.16. The summed E-state index contributed by atoms with van der Waals surface area (Å²) in [5.74, 6) is 0.769. The number of nitrogens with zero attached hydrogens (tertiary/aromatic N) is 2. The van der Waals surface area contributed by atoms with Gasteiger partial charge in [0.2, 0.25) is 0 Å². The quantitative estimate of drug-likeness (QED) is 0.273. The number of rotatable bonds is 12. The number of likely N-dealkylation sites (tertiary alicyclic amines) is 1. The summed E-state index contributed by atoms with van der Waals surface area (Å²) in [6.45, 7) is 9.53. The fraction of sp³-hybridized carbons (Fsp3) is 0.696. The Morgan fingerprint density at radius 3 is 2.67 bits per heavy atom. The van der Waals surface area contributed by atoms with Crippen molar-refractivity contribution < 1.29 is 14.6 Å². The molecule has 0 aliphatic carbocycles. The van der Waals surface area contributed by atoms with Gasteiger partial charge in [-0.05, 0) is 38.7 Å². The molecular formula is C23H40N4O3. The SMILES string of the molecule is CCNC(=NCC(O)COC(C)c1ccccc1)NC1CCN(CCCOC)CC1. The molecule has 30 heavy (non-hydrogen) atoms. The van der Waals surface area contributed by atoms with Gasteiger partial charge >= 0.3 is 0 Å². The first kappa shape index (κ1) is 24.6. The molecule has 1 aromatic rings. The van der Waals surface area contributed by atoms with Crippen LogP contribution in [0.4, 0.5) is 0 Å². The number of hydrogen-bond donors (Lipinski definition) is 3.